The molecule has 13 heteroatoms. The number of fused-ring (bicyclic) bond motifs is 1. The van der Waals surface area contributed by atoms with E-state index in [-0.39, 0.29) is 29.6 Å². The van der Waals surface area contributed by atoms with Crippen molar-refractivity contribution in [3.05, 3.63) is 89.7 Å². The van der Waals surface area contributed by atoms with E-state index in [4.69, 9.17) is 10.5 Å². The van der Waals surface area contributed by atoms with Gasteiger partial charge in [-0.25, -0.2) is 19.7 Å². The zero-order valence-corrected chi connectivity index (χ0v) is 23.0. The summed E-state index contributed by atoms with van der Waals surface area (Å²) in [6, 6.07) is 14.0. The maximum absolute atomic E-state index is 13.2. The summed E-state index contributed by atoms with van der Waals surface area (Å²) < 4.78 is 44.6. The predicted octanol–water partition coefficient (Wildman–Crippen LogP) is 6.18. The minimum absolute atomic E-state index is 0.0205. The van der Waals surface area contributed by atoms with Gasteiger partial charge in [0.2, 0.25) is 5.95 Å². The molecule has 0 radical (unpaired) electrons. The number of ether oxygens (including phenoxy) is 1. The summed E-state index contributed by atoms with van der Waals surface area (Å²) in [5.41, 5.74) is 7.78. The highest BCUT2D eigenvalue weighted by molar-refractivity contribution is 6.07. The minimum Gasteiger partial charge on any atom is -0.507 e. The van der Waals surface area contributed by atoms with E-state index in [1.807, 2.05) is 0 Å². The Bertz CT molecular complexity index is 1960. The quantitative estimate of drug-likeness (QED) is 0.217. The fourth-order valence-corrected chi connectivity index (χ4v) is 5.01. The van der Waals surface area contributed by atoms with Gasteiger partial charge in [-0.05, 0) is 72.1 Å². The molecule has 5 aromatic rings. The number of pyridine rings is 1. The van der Waals surface area contributed by atoms with Gasteiger partial charge >= 0.3 is 12.3 Å². The summed E-state index contributed by atoms with van der Waals surface area (Å²) >= 11 is 0. The standard InChI is InChI=1S/C31H23F3N6O4/c1-16-5-6-18(28(42)38-21-4-2-3-20(14-21)31(32,33)34)11-22(16)23-12-19-15-37-29(35)39-26(19)25(27(23)41)17-7-8-36-24(13-17)40-9-10-44-30(40)43/h2-8,11-15,41H,9-10H2,1H3,(H,38,42)(H2,35,37,39). The first kappa shape index (κ1) is 28.4. The Morgan fingerprint density at radius 1 is 1.07 bits per heavy atom. The van der Waals surface area contributed by atoms with E-state index in [0.29, 0.717) is 51.1 Å². The number of nitrogens with two attached hydrogens (primary N) is 1. The summed E-state index contributed by atoms with van der Waals surface area (Å²) in [5.74, 6) is -0.532. The molecule has 0 spiro atoms. The number of rotatable bonds is 5. The molecule has 2 aromatic heterocycles. The third-order valence-corrected chi connectivity index (χ3v) is 7.17. The van der Waals surface area contributed by atoms with Crippen molar-refractivity contribution >= 4 is 40.4 Å². The van der Waals surface area contributed by atoms with Crippen LogP contribution in [0.4, 0.5) is 35.4 Å². The number of carbonyl (C=O) groups is 2. The number of halogens is 3. The Morgan fingerprint density at radius 2 is 1.89 bits per heavy atom. The number of nitrogen functional groups attached to an aromatic ring is 1. The fourth-order valence-electron chi connectivity index (χ4n) is 5.01. The highest BCUT2D eigenvalue weighted by atomic mass is 19.4. The summed E-state index contributed by atoms with van der Waals surface area (Å²) in [6.07, 6.45) is -2.11. The Kier molecular flexibility index (Phi) is 7.00. The van der Waals surface area contributed by atoms with Crippen molar-refractivity contribution in [3.63, 3.8) is 0 Å². The first-order valence-corrected chi connectivity index (χ1v) is 13.3. The Hall–Kier alpha value is -5.72. The second-order valence-corrected chi connectivity index (χ2v) is 10.0. The summed E-state index contributed by atoms with van der Waals surface area (Å²) in [5, 5.41) is 14.8. The van der Waals surface area contributed by atoms with Crippen molar-refractivity contribution in [1.29, 1.82) is 0 Å². The predicted molar refractivity (Wildman–Crippen MR) is 157 cm³/mol. The molecule has 1 aliphatic rings. The first-order valence-electron chi connectivity index (χ1n) is 13.3. The Morgan fingerprint density at radius 3 is 2.64 bits per heavy atom. The van der Waals surface area contributed by atoms with Gasteiger partial charge in [-0.2, -0.15) is 13.2 Å². The van der Waals surface area contributed by atoms with Crippen LogP contribution in [0, 0.1) is 6.92 Å². The van der Waals surface area contributed by atoms with Crippen LogP contribution in [0.1, 0.15) is 21.5 Å². The van der Waals surface area contributed by atoms with Crippen molar-refractivity contribution in [3.8, 4) is 28.0 Å². The van der Waals surface area contributed by atoms with Crippen LogP contribution in [-0.4, -0.2) is 45.2 Å². The summed E-state index contributed by atoms with van der Waals surface area (Å²) in [4.78, 5) is 39.4. The molecule has 6 rings (SSSR count). The molecule has 0 atom stereocenters. The number of nitrogens with zero attached hydrogens (tertiary/aromatic N) is 4. The second-order valence-electron chi connectivity index (χ2n) is 10.0. The van der Waals surface area contributed by atoms with Gasteiger partial charge in [0.15, 0.2) is 0 Å². The van der Waals surface area contributed by atoms with Crippen LogP contribution in [0.2, 0.25) is 0 Å². The number of hydrogen-bond acceptors (Lipinski definition) is 8. The van der Waals surface area contributed by atoms with Crippen LogP contribution in [0.25, 0.3) is 33.2 Å². The molecular weight excluding hydrogens is 577 g/mol. The minimum atomic E-state index is -4.56. The largest absolute Gasteiger partial charge is 0.507 e. The van der Waals surface area contributed by atoms with E-state index in [1.54, 1.807) is 37.3 Å². The molecule has 3 aromatic carbocycles. The molecule has 222 valence electrons. The van der Waals surface area contributed by atoms with Crippen molar-refractivity contribution < 1.29 is 32.6 Å². The lowest BCUT2D eigenvalue weighted by Crippen LogP contribution is -2.24. The van der Waals surface area contributed by atoms with Gasteiger partial charge in [0.05, 0.1) is 23.2 Å². The molecule has 0 unspecified atom stereocenters. The average molecular weight is 601 g/mol. The normalized spacial score (nSPS) is 13.3. The Balaban J connectivity index is 1.45. The zero-order chi connectivity index (χ0) is 31.2. The number of phenolic OH excluding ortho intramolecular Hbond substituents is 1. The van der Waals surface area contributed by atoms with Crippen LogP contribution in [0.5, 0.6) is 5.75 Å². The average Bonchev–Trinajstić information content (AvgIpc) is 3.43. The number of aryl methyl sites for hydroxylation is 1. The molecule has 0 aliphatic carbocycles. The number of benzene rings is 3. The van der Waals surface area contributed by atoms with E-state index in [9.17, 15) is 27.9 Å². The van der Waals surface area contributed by atoms with Gasteiger partial charge in [0, 0.05) is 34.6 Å². The number of anilines is 3. The molecule has 2 amide bonds. The number of alkyl halides is 3. The number of nitrogens with one attached hydrogen (secondary N) is 1. The maximum atomic E-state index is 13.2. The third kappa shape index (κ3) is 5.30. The van der Waals surface area contributed by atoms with Crippen LogP contribution < -0.4 is 16.0 Å². The molecule has 1 fully saturated rings. The van der Waals surface area contributed by atoms with Crippen molar-refractivity contribution in [2.45, 2.75) is 13.1 Å². The number of aromatic nitrogens is 3. The molecule has 0 saturated carbocycles. The van der Waals surface area contributed by atoms with E-state index in [1.165, 1.54) is 35.5 Å². The highest BCUT2D eigenvalue weighted by Crippen LogP contribution is 2.44. The van der Waals surface area contributed by atoms with E-state index in [0.717, 1.165) is 12.1 Å². The number of aromatic hydroxyl groups is 1. The number of cyclic esters (lactones) is 1. The van der Waals surface area contributed by atoms with Gasteiger partial charge in [0.25, 0.3) is 5.91 Å². The molecule has 3 heterocycles. The van der Waals surface area contributed by atoms with Crippen molar-refractivity contribution in [2.75, 3.05) is 29.1 Å². The molecule has 0 bridgehead atoms. The van der Waals surface area contributed by atoms with Crippen LogP contribution >= 0.6 is 0 Å². The van der Waals surface area contributed by atoms with E-state index in [2.05, 4.69) is 20.3 Å². The molecular formula is C31H23F3N6O4. The van der Waals surface area contributed by atoms with Gasteiger partial charge in [0.1, 0.15) is 18.2 Å². The monoisotopic (exact) mass is 600 g/mol. The second kappa shape index (κ2) is 10.8. The lowest BCUT2D eigenvalue weighted by molar-refractivity contribution is -0.137. The topological polar surface area (TPSA) is 144 Å². The van der Waals surface area contributed by atoms with Crippen molar-refractivity contribution in [2.24, 2.45) is 0 Å². The molecule has 1 aliphatic heterocycles. The molecule has 10 nitrogen and oxygen atoms in total. The van der Waals surface area contributed by atoms with Crippen LogP contribution in [0.15, 0.2) is 73.1 Å². The molecule has 1 saturated heterocycles. The number of carbonyl (C=O) groups excluding carboxylic acids is 2. The van der Waals surface area contributed by atoms with E-state index < -0.39 is 23.7 Å². The molecule has 44 heavy (non-hydrogen) atoms. The maximum Gasteiger partial charge on any atom is 0.416 e. The Labute approximate surface area is 248 Å². The molecule has 4 N–H and O–H groups in total. The van der Waals surface area contributed by atoms with Gasteiger partial charge in [-0.3, -0.25) is 9.69 Å². The SMILES string of the molecule is Cc1ccc(C(=O)Nc2cccc(C(F)(F)F)c2)cc1-c1cc2cnc(N)nc2c(-c2ccnc(N3CCOC3=O)c2)c1O. The smallest absolute Gasteiger partial charge is 0.416 e. The lowest BCUT2D eigenvalue weighted by atomic mass is 9.91. The number of amides is 2. The highest BCUT2D eigenvalue weighted by Gasteiger charge is 2.31. The van der Waals surface area contributed by atoms with Crippen LogP contribution in [-0.2, 0) is 10.9 Å². The summed E-state index contributed by atoms with van der Waals surface area (Å²) in [6.45, 7) is 2.32. The van der Waals surface area contributed by atoms with Crippen LogP contribution in [0.3, 0.4) is 0 Å². The van der Waals surface area contributed by atoms with Gasteiger partial charge < -0.3 is 20.9 Å². The number of phenols is 1. The van der Waals surface area contributed by atoms with Gasteiger partial charge in [-0.1, -0.05) is 12.1 Å². The third-order valence-electron chi connectivity index (χ3n) is 7.17. The fraction of sp³-hybridized carbons (Fsp3) is 0.129. The summed E-state index contributed by atoms with van der Waals surface area (Å²) in [7, 11) is 0. The first-order chi connectivity index (χ1) is 21.0. The van der Waals surface area contributed by atoms with Crippen molar-refractivity contribution in [1.82, 2.24) is 15.0 Å². The van der Waals surface area contributed by atoms with Gasteiger partial charge in [-0.15, -0.1) is 0 Å². The lowest BCUT2D eigenvalue weighted by Gasteiger charge is -2.17. The number of hydrogen-bond donors (Lipinski definition) is 3. The van der Waals surface area contributed by atoms with E-state index >= 15 is 0 Å². The zero-order valence-electron chi connectivity index (χ0n) is 23.0.